The number of nitrogens with two attached hydrogens (primary N) is 1. The number of carbonyl (C=O) groups is 2. The van der Waals surface area contributed by atoms with Crippen LogP contribution in [0.1, 0.15) is 24.1 Å². The lowest BCUT2D eigenvalue weighted by Crippen LogP contribution is -2.39. The van der Waals surface area contributed by atoms with E-state index in [2.05, 4.69) is 16.0 Å². The average molecular weight is 339 g/mol. The van der Waals surface area contributed by atoms with Crippen LogP contribution in [-0.4, -0.2) is 24.3 Å². The maximum atomic E-state index is 11.9. The number of benzene rings is 2. The number of hydrogen-bond acceptors (Lipinski definition) is 3. The predicted molar refractivity (Wildman–Crippen MR) is 97.5 cm³/mol. The molecule has 0 unspecified atom stereocenters. The summed E-state index contributed by atoms with van der Waals surface area (Å²) >= 11 is 0. The van der Waals surface area contributed by atoms with Crippen LogP contribution in [0.4, 0.5) is 10.5 Å². The number of carbonyl (C=O) groups excluding carboxylic acids is 2. The van der Waals surface area contributed by atoms with Gasteiger partial charge in [0.2, 0.25) is 5.91 Å². The summed E-state index contributed by atoms with van der Waals surface area (Å²) in [6.07, 6.45) is 0. The predicted octanol–water partition coefficient (Wildman–Crippen LogP) is 1.97. The molecule has 25 heavy (non-hydrogen) atoms. The molecule has 0 radical (unpaired) electrons. The summed E-state index contributed by atoms with van der Waals surface area (Å²) in [5.41, 5.74) is 7.39. The molecular formula is C18H21N5O2. The van der Waals surface area contributed by atoms with Gasteiger partial charge in [-0.2, -0.15) is 0 Å². The second kappa shape index (κ2) is 8.49. The monoisotopic (exact) mass is 339 g/mol. The van der Waals surface area contributed by atoms with E-state index in [0.717, 1.165) is 5.56 Å². The molecule has 0 heterocycles. The quantitative estimate of drug-likeness (QED) is 0.409. The van der Waals surface area contributed by atoms with Gasteiger partial charge in [0.1, 0.15) is 5.84 Å². The molecule has 0 spiro atoms. The molecule has 2 aromatic rings. The molecule has 6 N–H and O–H groups in total. The zero-order chi connectivity index (χ0) is 18.2. The number of urea groups is 1. The first-order chi connectivity index (χ1) is 12.0. The van der Waals surface area contributed by atoms with Crippen LogP contribution < -0.4 is 21.7 Å². The van der Waals surface area contributed by atoms with Gasteiger partial charge < -0.3 is 21.7 Å². The molecule has 0 aliphatic carbocycles. The standard InChI is InChI=1S/C18H21N5O2/c1-12(13-6-3-2-4-7-13)22-16(24)11-21-18(25)23-15-9-5-8-14(10-15)17(19)20/h2-10,12H,11H2,1H3,(H3,19,20)(H,22,24)(H2,21,23,25)/t12-/m0/s1. The van der Waals surface area contributed by atoms with Crippen LogP contribution >= 0.6 is 0 Å². The van der Waals surface area contributed by atoms with Crippen molar-refractivity contribution in [1.29, 1.82) is 5.41 Å². The second-order valence-electron chi connectivity index (χ2n) is 5.50. The number of amidine groups is 1. The van der Waals surface area contributed by atoms with Crippen molar-refractivity contribution in [1.82, 2.24) is 10.6 Å². The summed E-state index contributed by atoms with van der Waals surface area (Å²) in [5, 5.41) is 15.3. The van der Waals surface area contributed by atoms with E-state index in [4.69, 9.17) is 11.1 Å². The fourth-order valence-electron chi connectivity index (χ4n) is 2.22. The van der Waals surface area contributed by atoms with E-state index in [1.54, 1.807) is 24.3 Å². The number of nitrogen functional groups attached to an aromatic ring is 1. The van der Waals surface area contributed by atoms with Gasteiger partial charge in [-0.25, -0.2) is 4.79 Å². The van der Waals surface area contributed by atoms with Crippen LogP contribution in [0, 0.1) is 5.41 Å². The van der Waals surface area contributed by atoms with Crippen molar-refractivity contribution in [2.75, 3.05) is 11.9 Å². The maximum absolute atomic E-state index is 11.9. The smallest absolute Gasteiger partial charge is 0.319 e. The van der Waals surface area contributed by atoms with Gasteiger partial charge in [-0.1, -0.05) is 42.5 Å². The lowest BCUT2D eigenvalue weighted by atomic mass is 10.1. The highest BCUT2D eigenvalue weighted by Gasteiger charge is 2.10. The molecule has 2 aromatic carbocycles. The Morgan fingerprint density at radius 3 is 2.52 bits per heavy atom. The minimum Gasteiger partial charge on any atom is -0.384 e. The Hall–Kier alpha value is -3.35. The van der Waals surface area contributed by atoms with Crippen molar-refractivity contribution in [2.45, 2.75) is 13.0 Å². The number of amides is 3. The normalized spacial score (nSPS) is 11.2. The van der Waals surface area contributed by atoms with Crippen LogP contribution in [0.3, 0.4) is 0 Å². The van der Waals surface area contributed by atoms with Crippen LogP contribution in [-0.2, 0) is 4.79 Å². The lowest BCUT2D eigenvalue weighted by molar-refractivity contribution is -0.120. The highest BCUT2D eigenvalue weighted by Crippen LogP contribution is 2.11. The molecule has 130 valence electrons. The summed E-state index contributed by atoms with van der Waals surface area (Å²) in [4.78, 5) is 23.8. The number of hydrogen-bond donors (Lipinski definition) is 5. The topological polar surface area (TPSA) is 120 Å². The summed E-state index contributed by atoms with van der Waals surface area (Å²) in [6.45, 7) is 1.73. The molecule has 2 rings (SSSR count). The SMILES string of the molecule is C[C@H](NC(=O)CNC(=O)Nc1cccc(C(=N)N)c1)c1ccccc1. The highest BCUT2D eigenvalue weighted by atomic mass is 16.2. The molecule has 0 saturated carbocycles. The molecule has 7 heteroatoms. The third-order valence-corrected chi connectivity index (χ3v) is 3.52. The van der Waals surface area contributed by atoms with Crippen LogP contribution in [0.25, 0.3) is 0 Å². The van der Waals surface area contributed by atoms with Crippen molar-refractivity contribution < 1.29 is 9.59 Å². The van der Waals surface area contributed by atoms with Crippen molar-refractivity contribution in [3.63, 3.8) is 0 Å². The highest BCUT2D eigenvalue weighted by molar-refractivity contribution is 5.97. The van der Waals surface area contributed by atoms with Crippen LogP contribution in [0.2, 0.25) is 0 Å². The van der Waals surface area contributed by atoms with Gasteiger partial charge in [-0.05, 0) is 24.6 Å². The molecule has 0 fully saturated rings. The van der Waals surface area contributed by atoms with Crippen molar-refractivity contribution in [2.24, 2.45) is 5.73 Å². The minimum atomic E-state index is -0.511. The molecule has 0 bridgehead atoms. The summed E-state index contributed by atoms with van der Waals surface area (Å²) < 4.78 is 0. The fraction of sp³-hybridized carbons (Fsp3) is 0.167. The van der Waals surface area contributed by atoms with E-state index < -0.39 is 6.03 Å². The van der Waals surface area contributed by atoms with E-state index in [1.165, 1.54) is 0 Å². The first-order valence-electron chi connectivity index (χ1n) is 7.79. The van der Waals surface area contributed by atoms with E-state index in [0.29, 0.717) is 11.3 Å². The Morgan fingerprint density at radius 1 is 1.12 bits per heavy atom. The average Bonchev–Trinajstić information content (AvgIpc) is 2.61. The van der Waals surface area contributed by atoms with Crippen LogP contribution in [0.15, 0.2) is 54.6 Å². The lowest BCUT2D eigenvalue weighted by Gasteiger charge is -2.15. The molecule has 0 saturated heterocycles. The largest absolute Gasteiger partial charge is 0.384 e. The number of rotatable bonds is 6. The van der Waals surface area contributed by atoms with Gasteiger partial charge in [-0.3, -0.25) is 10.2 Å². The summed E-state index contributed by atoms with van der Waals surface area (Å²) in [5.74, 6) is -0.373. The van der Waals surface area contributed by atoms with Crippen molar-refractivity contribution in [3.05, 3.63) is 65.7 Å². The second-order valence-corrected chi connectivity index (χ2v) is 5.50. The van der Waals surface area contributed by atoms with Crippen molar-refractivity contribution in [3.8, 4) is 0 Å². The van der Waals surface area contributed by atoms with E-state index in [9.17, 15) is 9.59 Å². The van der Waals surface area contributed by atoms with Crippen molar-refractivity contribution >= 4 is 23.5 Å². The van der Waals surface area contributed by atoms with Gasteiger partial charge in [0.05, 0.1) is 12.6 Å². The molecule has 0 aliphatic heterocycles. The minimum absolute atomic E-state index is 0.0849. The van der Waals surface area contributed by atoms with E-state index >= 15 is 0 Å². The Labute approximate surface area is 146 Å². The maximum Gasteiger partial charge on any atom is 0.319 e. The number of anilines is 1. The summed E-state index contributed by atoms with van der Waals surface area (Å²) in [6, 6.07) is 15.5. The fourth-order valence-corrected chi connectivity index (χ4v) is 2.22. The Bertz CT molecular complexity index is 761. The molecule has 3 amide bonds. The van der Waals surface area contributed by atoms with E-state index in [-0.39, 0.29) is 24.3 Å². The van der Waals surface area contributed by atoms with Gasteiger partial charge in [0, 0.05) is 11.3 Å². The molecule has 1 atom stereocenters. The van der Waals surface area contributed by atoms with E-state index in [1.807, 2.05) is 37.3 Å². The zero-order valence-corrected chi connectivity index (χ0v) is 13.9. The van der Waals surface area contributed by atoms with Gasteiger partial charge in [0.25, 0.3) is 0 Å². The first kappa shape index (κ1) is 18.0. The molecular weight excluding hydrogens is 318 g/mol. The third-order valence-electron chi connectivity index (χ3n) is 3.52. The Balaban J connectivity index is 1.80. The Kier molecular flexibility index (Phi) is 6.11. The van der Waals surface area contributed by atoms with Crippen LogP contribution in [0.5, 0.6) is 0 Å². The van der Waals surface area contributed by atoms with Gasteiger partial charge in [0.15, 0.2) is 0 Å². The van der Waals surface area contributed by atoms with Gasteiger partial charge in [-0.15, -0.1) is 0 Å². The molecule has 0 aromatic heterocycles. The molecule has 7 nitrogen and oxygen atoms in total. The van der Waals surface area contributed by atoms with Gasteiger partial charge >= 0.3 is 6.03 Å². The first-order valence-corrected chi connectivity index (χ1v) is 7.79. The third kappa shape index (κ3) is 5.65. The number of nitrogens with one attached hydrogen (secondary N) is 4. The molecule has 0 aliphatic rings. The Morgan fingerprint density at radius 2 is 1.84 bits per heavy atom. The summed E-state index contributed by atoms with van der Waals surface area (Å²) in [7, 11) is 0. The zero-order valence-electron chi connectivity index (χ0n) is 13.9.